The highest BCUT2D eigenvalue weighted by Crippen LogP contribution is 2.32. The summed E-state index contributed by atoms with van der Waals surface area (Å²) in [6.07, 6.45) is 0.938. The molecule has 1 atom stereocenters. The number of carbonyl (C=O) groups excluding carboxylic acids is 1. The third-order valence-electron chi connectivity index (χ3n) is 3.16. The van der Waals surface area contributed by atoms with Crippen LogP contribution in [-0.2, 0) is 4.79 Å². The molecule has 3 N–H and O–H groups in total. The Kier molecular flexibility index (Phi) is 6.15. The summed E-state index contributed by atoms with van der Waals surface area (Å²) in [5, 5.41) is 2.65. The minimum absolute atomic E-state index is 0.0220. The van der Waals surface area contributed by atoms with E-state index >= 15 is 0 Å². The Morgan fingerprint density at radius 2 is 2.20 bits per heavy atom. The Morgan fingerprint density at radius 1 is 1.50 bits per heavy atom. The third-order valence-corrected chi connectivity index (χ3v) is 3.16. The van der Waals surface area contributed by atoms with Crippen molar-refractivity contribution in [3.8, 4) is 5.75 Å². The monoisotopic (exact) mass is 279 g/mol. The van der Waals surface area contributed by atoms with Gasteiger partial charge in [-0.2, -0.15) is 0 Å². The number of carbonyl (C=O) groups is 1. The smallest absolute Gasteiger partial charge is 0.224 e. The molecular formula is C15H25N3O2. The van der Waals surface area contributed by atoms with Crippen molar-refractivity contribution < 1.29 is 9.53 Å². The number of hydrogen-bond acceptors (Lipinski definition) is 4. The maximum Gasteiger partial charge on any atom is 0.224 e. The van der Waals surface area contributed by atoms with Gasteiger partial charge in [-0.05, 0) is 18.6 Å². The second-order valence-electron chi connectivity index (χ2n) is 4.93. The Hall–Kier alpha value is -1.91. The van der Waals surface area contributed by atoms with E-state index in [0.717, 1.165) is 12.1 Å². The molecule has 112 valence electrons. The molecule has 0 radical (unpaired) electrons. The number of amides is 1. The molecule has 0 aromatic heterocycles. The van der Waals surface area contributed by atoms with Crippen molar-refractivity contribution in [2.45, 2.75) is 20.3 Å². The van der Waals surface area contributed by atoms with Crippen LogP contribution in [0.1, 0.15) is 20.3 Å². The molecule has 0 heterocycles. The van der Waals surface area contributed by atoms with Crippen molar-refractivity contribution in [2.24, 2.45) is 5.92 Å². The number of benzene rings is 1. The lowest BCUT2D eigenvalue weighted by atomic mass is 10.1. The fraction of sp³-hybridized carbons (Fsp3) is 0.533. The SMILES string of the molecule is CCCOc1cccc(N(C)CC(C)C(=O)NC)c1N. The summed E-state index contributed by atoms with van der Waals surface area (Å²) in [6.45, 7) is 5.19. The van der Waals surface area contributed by atoms with E-state index in [1.807, 2.05) is 37.1 Å². The van der Waals surface area contributed by atoms with Crippen molar-refractivity contribution in [3.05, 3.63) is 18.2 Å². The van der Waals surface area contributed by atoms with Crippen LogP contribution in [0.15, 0.2) is 18.2 Å². The number of nitrogens with two attached hydrogens (primary N) is 1. The Bertz CT molecular complexity index is 449. The van der Waals surface area contributed by atoms with Gasteiger partial charge in [0, 0.05) is 20.6 Å². The van der Waals surface area contributed by atoms with Gasteiger partial charge >= 0.3 is 0 Å². The van der Waals surface area contributed by atoms with E-state index in [4.69, 9.17) is 10.5 Å². The molecule has 1 aromatic carbocycles. The molecule has 1 unspecified atom stereocenters. The zero-order valence-corrected chi connectivity index (χ0v) is 12.8. The van der Waals surface area contributed by atoms with E-state index in [1.54, 1.807) is 7.05 Å². The van der Waals surface area contributed by atoms with Crippen LogP contribution >= 0.6 is 0 Å². The number of para-hydroxylation sites is 1. The van der Waals surface area contributed by atoms with Gasteiger partial charge in [0.25, 0.3) is 0 Å². The molecule has 0 aliphatic heterocycles. The van der Waals surface area contributed by atoms with Gasteiger partial charge < -0.3 is 20.7 Å². The standard InChI is InChI=1S/C15H25N3O2/c1-5-9-20-13-8-6-7-12(14(13)16)18(4)10-11(2)15(19)17-3/h6-8,11H,5,9-10,16H2,1-4H3,(H,17,19). The first-order valence-corrected chi connectivity index (χ1v) is 6.95. The molecule has 0 bridgehead atoms. The van der Waals surface area contributed by atoms with Crippen molar-refractivity contribution in [1.82, 2.24) is 5.32 Å². The van der Waals surface area contributed by atoms with Gasteiger partial charge in [0.2, 0.25) is 5.91 Å². The quantitative estimate of drug-likeness (QED) is 0.748. The van der Waals surface area contributed by atoms with Gasteiger partial charge in [-0.1, -0.05) is 19.9 Å². The lowest BCUT2D eigenvalue weighted by Crippen LogP contribution is -2.34. The van der Waals surface area contributed by atoms with E-state index < -0.39 is 0 Å². The zero-order valence-electron chi connectivity index (χ0n) is 12.8. The molecule has 0 aliphatic rings. The number of rotatable bonds is 7. The van der Waals surface area contributed by atoms with Crippen LogP contribution in [0.2, 0.25) is 0 Å². The highest BCUT2D eigenvalue weighted by molar-refractivity contribution is 5.79. The molecule has 20 heavy (non-hydrogen) atoms. The predicted octanol–water partition coefficient (Wildman–Crippen LogP) is 1.88. The van der Waals surface area contributed by atoms with Crippen molar-refractivity contribution >= 4 is 17.3 Å². The van der Waals surface area contributed by atoms with Crippen LogP contribution in [0, 0.1) is 5.92 Å². The molecule has 1 amide bonds. The third kappa shape index (κ3) is 4.05. The Labute approximate surface area is 121 Å². The summed E-state index contributed by atoms with van der Waals surface area (Å²) in [5.74, 6) is 0.613. The average molecular weight is 279 g/mol. The summed E-state index contributed by atoms with van der Waals surface area (Å²) in [5.41, 5.74) is 7.64. The van der Waals surface area contributed by atoms with Crippen LogP contribution in [-0.4, -0.2) is 33.2 Å². The molecule has 0 saturated heterocycles. The maximum atomic E-state index is 11.6. The molecule has 0 spiro atoms. The molecule has 5 heteroatoms. The van der Waals surface area contributed by atoms with Crippen LogP contribution < -0.4 is 20.7 Å². The molecule has 1 aromatic rings. The Balaban J connectivity index is 2.82. The van der Waals surface area contributed by atoms with Gasteiger partial charge in [0.15, 0.2) is 0 Å². The van der Waals surface area contributed by atoms with Crippen molar-refractivity contribution in [3.63, 3.8) is 0 Å². The molecule has 0 saturated carbocycles. The van der Waals surface area contributed by atoms with Crippen LogP contribution in [0.25, 0.3) is 0 Å². The number of hydrogen-bond donors (Lipinski definition) is 2. The van der Waals surface area contributed by atoms with Gasteiger partial charge in [-0.3, -0.25) is 4.79 Å². The second-order valence-corrected chi connectivity index (χ2v) is 4.93. The molecule has 0 aliphatic carbocycles. The van der Waals surface area contributed by atoms with E-state index in [9.17, 15) is 4.79 Å². The fourth-order valence-corrected chi connectivity index (χ4v) is 2.04. The average Bonchev–Trinajstić information content (AvgIpc) is 2.45. The zero-order chi connectivity index (χ0) is 15.1. The van der Waals surface area contributed by atoms with Crippen LogP contribution in [0.4, 0.5) is 11.4 Å². The molecule has 0 fully saturated rings. The normalized spacial score (nSPS) is 11.8. The Morgan fingerprint density at radius 3 is 2.80 bits per heavy atom. The molecule has 1 rings (SSSR count). The van der Waals surface area contributed by atoms with E-state index in [2.05, 4.69) is 12.2 Å². The minimum Gasteiger partial charge on any atom is -0.491 e. The molecule has 5 nitrogen and oxygen atoms in total. The van der Waals surface area contributed by atoms with E-state index in [-0.39, 0.29) is 11.8 Å². The number of ether oxygens (including phenoxy) is 1. The molecular weight excluding hydrogens is 254 g/mol. The van der Waals surface area contributed by atoms with E-state index in [0.29, 0.717) is 24.6 Å². The maximum absolute atomic E-state index is 11.6. The fourth-order valence-electron chi connectivity index (χ4n) is 2.04. The van der Waals surface area contributed by atoms with Gasteiger partial charge in [-0.25, -0.2) is 0 Å². The predicted molar refractivity (Wildman–Crippen MR) is 83.1 cm³/mol. The minimum atomic E-state index is -0.107. The summed E-state index contributed by atoms with van der Waals surface area (Å²) in [4.78, 5) is 13.6. The van der Waals surface area contributed by atoms with Gasteiger partial charge in [0.05, 0.1) is 23.9 Å². The van der Waals surface area contributed by atoms with Gasteiger partial charge in [-0.15, -0.1) is 0 Å². The lowest BCUT2D eigenvalue weighted by molar-refractivity contribution is -0.123. The summed E-state index contributed by atoms with van der Waals surface area (Å²) >= 11 is 0. The highest BCUT2D eigenvalue weighted by Gasteiger charge is 2.16. The van der Waals surface area contributed by atoms with Crippen LogP contribution in [0.5, 0.6) is 5.75 Å². The summed E-state index contributed by atoms with van der Waals surface area (Å²) in [7, 11) is 3.57. The topological polar surface area (TPSA) is 67.6 Å². The second kappa shape index (κ2) is 7.62. The van der Waals surface area contributed by atoms with Gasteiger partial charge in [0.1, 0.15) is 5.75 Å². The largest absolute Gasteiger partial charge is 0.491 e. The highest BCUT2D eigenvalue weighted by atomic mass is 16.5. The number of anilines is 2. The lowest BCUT2D eigenvalue weighted by Gasteiger charge is -2.25. The van der Waals surface area contributed by atoms with Crippen molar-refractivity contribution in [1.29, 1.82) is 0 Å². The summed E-state index contributed by atoms with van der Waals surface area (Å²) < 4.78 is 5.62. The van der Waals surface area contributed by atoms with Crippen molar-refractivity contribution in [2.75, 3.05) is 37.9 Å². The first kappa shape index (κ1) is 16.1. The van der Waals surface area contributed by atoms with E-state index in [1.165, 1.54) is 0 Å². The van der Waals surface area contributed by atoms with Crippen LogP contribution in [0.3, 0.4) is 0 Å². The number of nitrogen functional groups attached to an aromatic ring is 1. The number of nitrogens with zero attached hydrogens (tertiary/aromatic N) is 1. The first-order valence-electron chi connectivity index (χ1n) is 6.95. The first-order chi connectivity index (χ1) is 9.51. The number of nitrogens with one attached hydrogen (secondary N) is 1. The summed E-state index contributed by atoms with van der Waals surface area (Å²) in [6, 6.07) is 5.72.